The smallest absolute Gasteiger partial charge is 0.159 e. The van der Waals surface area contributed by atoms with Crippen molar-refractivity contribution in [3.8, 4) is 0 Å². The van der Waals surface area contributed by atoms with E-state index < -0.39 is 0 Å². The quantitative estimate of drug-likeness (QED) is 0.782. The Morgan fingerprint density at radius 2 is 2.18 bits per heavy atom. The van der Waals surface area contributed by atoms with Gasteiger partial charge in [0.2, 0.25) is 0 Å². The topological polar surface area (TPSA) is 40.3 Å². The van der Waals surface area contributed by atoms with Gasteiger partial charge in [0.25, 0.3) is 0 Å². The summed E-state index contributed by atoms with van der Waals surface area (Å²) >= 11 is 0. The molecule has 0 aromatic heterocycles. The highest BCUT2D eigenvalue weighted by Gasteiger charge is 2.26. The van der Waals surface area contributed by atoms with Gasteiger partial charge in [-0.25, -0.2) is 9.98 Å². The van der Waals surface area contributed by atoms with Crippen molar-refractivity contribution in [2.45, 2.75) is 19.8 Å². The number of aliphatic imine (C=N–C) groups is 3. The number of allylic oxidation sites excluding steroid dienone is 6. The molecule has 0 radical (unpaired) electrons. The SMILES string of the molecule is C=C/C=C1\C(=NC)N=CN=C1N1CCCC(C=C)=C1/C=C\C. The Morgan fingerprint density at radius 1 is 1.36 bits per heavy atom. The lowest BCUT2D eigenvalue weighted by atomic mass is 9.99. The van der Waals surface area contributed by atoms with Crippen LogP contribution < -0.4 is 0 Å². The number of nitrogens with zero attached hydrogens (tertiary/aromatic N) is 4. The second kappa shape index (κ2) is 7.50. The molecule has 4 nitrogen and oxygen atoms in total. The number of rotatable bonds is 3. The summed E-state index contributed by atoms with van der Waals surface area (Å²) < 4.78 is 0. The van der Waals surface area contributed by atoms with Crippen molar-refractivity contribution in [1.82, 2.24) is 4.90 Å². The molecule has 4 heteroatoms. The molecule has 0 amide bonds. The maximum absolute atomic E-state index is 4.50. The zero-order chi connectivity index (χ0) is 15.9. The summed E-state index contributed by atoms with van der Waals surface area (Å²) in [4.78, 5) is 15.2. The highest BCUT2D eigenvalue weighted by atomic mass is 15.2. The van der Waals surface area contributed by atoms with E-state index >= 15 is 0 Å². The van der Waals surface area contributed by atoms with Crippen LogP contribution in [0.4, 0.5) is 0 Å². The molecule has 0 aromatic carbocycles. The lowest BCUT2D eigenvalue weighted by Crippen LogP contribution is -2.38. The van der Waals surface area contributed by atoms with E-state index in [1.807, 2.05) is 25.2 Å². The zero-order valence-electron chi connectivity index (χ0n) is 13.3. The Hall–Kier alpha value is -2.49. The minimum Gasteiger partial charge on any atom is -0.325 e. The molecule has 2 rings (SSSR count). The third kappa shape index (κ3) is 3.06. The van der Waals surface area contributed by atoms with E-state index in [9.17, 15) is 0 Å². The van der Waals surface area contributed by atoms with E-state index in [1.165, 1.54) is 5.57 Å². The van der Waals surface area contributed by atoms with Gasteiger partial charge in [-0.1, -0.05) is 31.4 Å². The fraction of sp³-hybridized carbons (Fsp3) is 0.278. The second-order valence-electron chi connectivity index (χ2n) is 4.93. The van der Waals surface area contributed by atoms with Crippen molar-refractivity contribution in [3.05, 3.63) is 60.4 Å². The van der Waals surface area contributed by atoms with Crippen LogP contribution in [0, 0.1) is 0 Å². The summed E-state index contributed by atoms with van der Waals surface area (Å²) in [5.41, 5.74) is 3.28. The number of hydrogen-bond acceptors (Lipinski definition) is 3. The highest BCUT2D eigenvalue weighted by molar-refractivity contribution is 6.28. The molecule has 2 heterocycles. The largest absolute Gasteiger partial charge is 0.325 e. The lowest BCUT2D eigenvalue weighted by molar-refractivity contribution is 0.475. The Labute approximate surface area is 132 Å². The molecule has 0 unspecified atom stereocenters. The maximum atomic E-state index is 4.50. The summed E-state index contributed by atoms with van der Waals surface area (Å²) in [6.07, 6.45) is 13.4. The molecule has 114 valence electrons. The third-order valence-electron chi connectivity index (χ3n) is 3.61. The maximum Gasteiger partial charge on any atom is 0.159 e. The Balaban J connectivity index is 2.54. The number of hydrogen-bond donors (Lipinski definition) is 0. The van der Waals surface area contributed by atoms with Gasteiger partial charge in [-0.2, -0.15) is 0 Å². The van der Waals surface area contributed by atoms with E-state index in [1.54, 1.807) is 19.5 Å². The summed E-state index contributed by atoms with van der Waals surface area (Å²) in [7, 11) is 1.74. The molecule has 0 N–H and O–H groups in total. The summed E-state index contributed by atoms with van der Waals surface area (Å²) in [6, 6.07) is 0. The van der Waals surface area contributed by atoms with Crippen LogP contribution in [0.2, 0.25) is 0 Å². The standard InChI is InChI=1S/C18H22N4/c1-5-9-15-17(19-4)20-13-21-18(15)22-12-8-11-14(7-3)16(22)10-6-2/h5-7,9-10,13H,1,3,8,11-12H2,2,4H3/b10-6-,15-9+,19-17?. The van der Waals surface area contributed by atoms with Gasteiger partial charge in [0, 0.05) is 19.3 Å². The number of amidine groups is 2. The average molecular weight is 294 g/mol. The predicted octanol–water partition coefficient (Wildman–Crippen LogP) is 3.68. The predicted molar refractivity (Wildman–Crippen MR) is 95.5 cm³/mol. The van der Waals surface area contributed by atoms with Gasteiger partial charge in [0.05, 0.1) is 5.57 Å². The van der Waals surface area contributed by atoms with E-state index in [0.29, 0.717) is 5.84 Å². The van der Waals surface area contributed by atoms with E-state index in [2.05, 4.69) is 39.1 Å². The molecule has 0 atom stereocenters. The third-order valence-corrected chi connectivity index (χ3v) is 3.61. The molecule has 0 spiro atoms. The van der Waals surface area contributed by atoms with Gasteiger partial charge in [-0.15, -0.1) is 0 Å². The molecular formula is C18H22N4. The molecule has 0 aromatic rings. The molecule has 0 fully saturated rings. The van der Waals surface area contributed by atoms with E-state index in [0.717, 1.165) is 36.5 Å². The van der Waals surface area contributed by atoms with Gasteiger partial charge in [-0.3, -0.25) is 4.99 Å². The van der Waals surface area contributed by atoms with Crippen LogP contribution in [0.5, 0.6) is 0 Å². The van der Waals surface area contributed by atoms with Crippen LogP contribution in [0.1, 0.15) is 19.8 Å². The van der Waals surface area contributed by atoms with E-state index in [4.69, 9.17) is 0 Å². The first kappa shape index (κ1) is 15.9. The van der Waals surface area contributed by atoms with Gasteiger partial charge in [0.1, 0.15) is 12.2 Å². The van der Waals surface area contributed by atoms with E-state index in [-0.39, 0.29) is 0 Å². The fourth-order valence-corrected chi connectivity index (χ4v) is 2.67. The minimum atomic E-state index is 0.676. The van der Waals surface area contributed by atoms with Crippen molar-refractivity contribution in [3.63, 3.8) is 0 Å². The second-order valence-corrected chi connectivity index (χ2v) is 4.93. The van der Waals surface area contributed by atoms with Crippen LogP contribution in [-0.2, 0) is 0 Å². The molecule has 22 heavy (non-hydrogen) atoms. The first-order valence-corrected chi connectivity index (χ1v) is 7.43. The lowest BCUT2D eigenvalue weighted by Gasteiger charge is -2.33. The van der Waals surface area contributed by atoms with Gasteiger partial charge >= 0.3 is 0 Å². The Bertz CT molecular complexity index is 642. The van der Waals surface area contributed by atoms with Crippen molar-refractivity contribution in [2.75, 3.05) is 13.6 Å². The normalized spacial score (nSPS) is 22.6. The van der Waals surface area contributed by atoms with Gasteiger partial charge in [0.15, 0.2) is 5.84 Å². The Morgan fingerprint density at radius 3 is 2.82 bits per heavy atom. The van der Waals surface area contributed by atoms with Crippen molar-refractivity contribution in [1.29, 1.82) is 0 Å². The van der Waals surface area contributed by atoms with Crippen molar-refractivity contribution < 1.29 is 0 Å². The Kier molecular flexibility index (Phi) is 5.42. The first-order valence-electron chi connectivity index (χ1n) is 7.43. The molecule has 2 aliphatic heterocycles. The van der Waals surface area contributed by atoms with Gasteiger partial charge in [-0.05, 0) is 37.5 Å². The van der Waals surface area contributed by atoms with Crippen LogP contribution in [0.15, 0.2) is 75.4 Å². The first-order chi connectivity index (χ1) is 10.8. The van der Waals surface area contributed by atoms with Crippen LogP contribution in [0.3, 0.4) is 0 Å². The zero-order valence-corrected chi connectivity index (χ0v) is 13.3. The molecule has 0 saturated carbocycles. The molecular weight excluding hydrogens is 272 g/mol. The molecule has 2 aliphatic rings. The monoisotopic (exact) mass is 294 g/mol. The summed E-state index contributed by atoms with van der Waals surface area (Å²) in [5.74, 6) is 1.54. The minimum absolute atomic E-state index is 0.676. The van der Waals surface area contributed by atoms with Gasteiger partial charge < -0.3 is 4.90 Å². The van der Waals surface area contributed by atoms with Crippen molar-refractivity contribution >= 4 is 18.0 Å². The van der Waals surface area contributed by atoms with Crippen LogP contribution >= 0.6 is 0 Å². The molecule has 0 bridgehead atoms. The summed E-state index contributed by atoms with van der Waals surface area (Å²) in [6.45, 7) is 10.7. The highest BCUT2D eigenvalue weighted by Crippen LogP contribution is 2.27. The average Bonchev–Trinajstić information content (AvgIpc) is 2.56. The molecule has 0 aliphatic carbocycles. The fourth-order valence-electron chi connectivity index (χ4n) is 2.67. The van der Waals surface area contributed by atoms with Crippen molar-refractivity contribution in [2.24, 2.45) is 15.0 Å². The summed E-state index contributed by atoms with van der Waals surface area (Å²) in [5, 5.41) is 0. The van der Waals surface area contributed by atoms with Crippen LogP contribution in [-0.4, -0.2) is 36.5 Å². The molecule has 0 saturated heterocycles. The van der Waals surface area contributed by atoms with Crippen LogP contribution in [0.25, 0.3) is 0 Å².